The lowest BCUT2D eigenvalue weighted by molar-refractivity contribution is -0.180. The van der Waals surface area contributed by atoms with Gasteiger partial charge in [-0.1, -0.05) is 0 Å². The van der Waals surface area contributed by atoms with Crippen LogP contribution >= 0.6 is 0 Å². The van der Waals surface area contributed by atoms with E-state index in [9.17, 15) is 0 Å². The number of aliphatic hydroxyl groups is 1. The van der Waals surface area contributed by atoms with Crippen molar-refractivity contribution in [3.05, 3.63) is 0 Å². The molecule has 0 aliphatic rings. The van der Waals surface area contributed by atoms with E-state index in [1.807, 2.05) is 20.9 Å². The van der Waals surface area contributed by atoms with Crippen LogP contribution in [0.3, 0.4) is 0 Å². The molecule has 0 fully saturated rings. The highest BCUT2D eigenvalue weighted by Crippen LogP contribution is 1.94. The largest absolute Gasteiger partial charge is 0.392 e. The van der Waals surface area contributed by atoms with Crippen LogP contribution in [-0.4, -0.2) is 36.0 Å². The van der Waals surface area contributed by atoms with Crippen LogP contribution in [0, 0.1) is 0 Å². The standard InChI is InChI=1S/C7H17NO2/c1-6(2)10-8(4)5-7(3)9/h6-7,9H,5H2,1-4H3. The van der Waals surface area contributed by atoms with Crippen LogP contribution in [0.25, 0.3) is 0 Å². The molecular formula is C7H17NO2. The van der Waals surface area contributed by atoms with E-state index in [1.165, 1.54) is 0 Å². The first-order valence-electron chi connectivity index (χ1n) is 3.58. The molecule has 0 bridgehead atoms. The van der Waals surface area contributed by atoms with Crippen molar-refractivity contribution in [1.82, 2.24) is 5.06 Å². The molecule has 10 heavy (non-hydrogen) atoms. The molecule has 0 aromatic heterocycles. The summed E-state index contributed by atoms with van der Waals surface area (Å²) in [5.74, 6) is 0. The molecule has 3 heteroatoms. The second kappa shape index (κ2) is 4.66. The topological polar surface area (TPSA) is 32.7 Å². The van der Waals surface area contributed by atoms with Gasteiger partial charge in [0.1, 0.15) is 0 Å². The molecule has 0 aliphatic carbocycles. The van der Waals surface area contributed by atoms with E-state index in [0.717, 1.165) is 0 Å². The molecule has 0 aromatic carbocycles. The van der Waals surface area contributed by atoms with Gasteiger partial charge in [0.05, 0.1) is 12.2 Å². The maximum atomic E-state index is 8.91. The van der Waals surface area contributed by atoms with Gasteiger partial charge in [-0.25, -0.2) is 0 Å². The van der Waals surface area contributed by atoms with Gasteiger partial charge in [0.2, 0.25) is 0 Å². The maximum Gasteiger partial charge on any atom is 0.0737 e. The van der Waals surface area contributed by atoms with E-state index >= 15 is 0 Å². The molecule has 1 atom stereocenters. The Morgan fingerprint density at radius 3 is 2.20 bits per heavy atom. The number of aliphatic hydroxyl groups excluding tert-OH is 1. The van der Waals surface area contributed by atoms with Crippen LogP contribution in [-0.2, 0) is 4.84 Å². The molecule has 0 aliphatic heterocycles. The van der Waals surface area contributed by atoms with Crippen molar-refractivity contribution in [3.63, 3.8) is 0 Å². The smallest absolute Gasteiger partial charge is 0.0737 e. The molecule has 1 unspecified atom stereocenters. The van der Waals surface area contributed by atoms with Crippen LogP contribution < -0.4 is 0 Å². The van der Waals surface area contributed by atoms with E-state index < -0.39 is 0 Å². The van der Waals surface area contributed by atoms with E-state index in [2.05, 4.69) is 0 Å². The Kier molecular flexibility index (Phi) is 4.60. The third-order valence-corrected chi connectivity index (χ3v) is 0.912. The molecular weight excluding hydrogens is 130 g/mol. The van der Waals surface area contributed by atoms with Gasteiger partial charge in [-0.15, -0.1) is 0 Å². The number of nitrogens with zero attached hydrogens (tertiary/aromatic N) is 1. The number of hydrogen-bond donors (Lipinski definition) is 1. The fraction of sp³-hybridized carbons (Fsp3) is 1.00. The molecule has 62 valence electrons. The number of hydroxylamine groups is 2. The lowest BCUT2D eigenvalue weighted by Gasteiger charge is -2.20. The highest BCUT2D eigenvalue weighted by atomic mass is 16.7. The van der Waals surface area contributed by atoms with Crippen molar-refractivity contribution >= 4 is 0 Å². The van der Waals surface area contributed by atoms with Gasteiger partial charge in [0.15, 0.2) is 0 Å². The van der Waals surface area contributed by atoms with Crippen molar-refractivity contribution in [2.45, 2.75) is 33.0 Å². The zero-order valence-electron chi connectivity index (χ0n) is 7.16. The zero-order chi connectivity index (χ0) is 8.15. The van der Waals surface area contributed by atoms with E-state index in [4.69, 9.17) is 9.94 Å². The first-order valence-corrected chi connectivity index (χ1v) is 3.58. The average molecular weight is 147 g/mol. The quantitative estimate of drug-likeness (QED) is 0.592. The monoisotopic (exact) mass is 147 g/mol. The summed E-state index contributed by atoms with van der Waals surface area (Å²) in [6, 6.07) is 0. The summed E-state index contributed by atoms with van der Waals surface area (Å²) >= 11 is 0. The highest BCUT2D eigenvalue weighted by molar-refractivity contribution is 4.47. The summed E-state index contributed by atoms with van der Waals surface area (Å²) in [4.78, 5) is 5.23. The van der Waals surface area contributed by atoms with Gasteiger partial charge >= 0.3 is 0 Å². The Labute approximate surface area is 62.6 Å². The second-order valence-electron chi connectivity index (χ2n) is 2.81. The summed E-state index contributed by atoms with van der Waals surface area (Å²) in [5.41, 5.74) is 0. The molecule has 0 radical (unpaired) electrons. The number of hydrogen-bond acceptors (Lipinski definition) is 3. The maximum absolute atomic E-state index is 8.91. The van der Waals surface area contributed by atoms with E-state index in [1.54, 1.807) is 12.0 Å². The minimum atomic E-state index is -0.330. The van der Waals surface area contributed by atoms with Crippen molar-refractivity contribution < 1.29 is 9.94 Å². The Hall–Kier alpha value is -0.120. The Balaban J connectivity index is 3.34. The van der Waals surface area contributed by atoms with Gasteiger partial charge in [-0.3, -0.25) is 4.84 Å². The Morgan fingerprint density at radius 1 is 1.40 bits per heavy atom. The van der Waals surface area contributed by atoms with Crippen LogP contribution in [0.2, 0.25) is 0 Å². The molecule has 0 spiro atoms. The van der Waals surface area contributed by atoms with Crippen molar-refractivity contribution in [2.75, 3.05) is 13.6 Å². The molecule has 0 amide bonds. The Bertz CT molecular complexity index is 73.7. The first-order chi connectivity index (χ1) is 4.52. The summed E-state index contributed by atoms with van der Waals surface area (Å²) < 4.78 is 0. The predicted molar refractivity (Wildman–Crippen MR) is 40.5 cm³/mol. The van der Waals surface area contributed by atoms with Crippen LogP contribution in [0.15, 0.2) is 0 Å². The molecule has 0 saturated carbocycles. The third kappa shape index (κ3) is 6.01. The predicted octanol–water partition coefficient (Wildman–Crippen LogP) is 0.639. The van der Waals surface area contributed by atoms with Crippen molar-refractivity contribution in [3.8, 4) is 0 Å². The minimum absolute atomic E-state index is 0.184. The van der Waals surface area contributed by atoms with Gasteiger partial charge in [-0.2, -0.15) is 5.06 Å². The summed E-state index contributed by atoms with van der Waals surface area (Å²) in [6.45, 7) is 6.20. The molecule has 0 saturated heterocycles. The minimum Gasteiger partial charge on any atom is -0.392 e. The zero-order valence-corrected chi connectivity index (χ0v) is 7.16. The van der Waals surface area contributed by atoms with Crippen molar-refractivity contribution in [2.24, 2.45) is 0 Å². The molecule has 0 aromatic rings. The fourth-order valence-corrected chi connectivity index (χ4v) is 0.775. The van der Waals surface area contributed by atoms with E-state index in [0.29, 0.717) is 6.54 Å². The fourth-order valence-electron chi connectivity index (χ4n) is 0.775. The van der Waals surface area contributed by atoms with Gasteiger partial charge < -0.3 is 5.11 Å². The first kappa shape index (κ1) is 9.88. The highest BCUT2D eigenvalue weighted by Gasteiger charge is 2.03. The number of rotatable bonds is 4. The Morgan fingerprint density at radius 2 is 1.90 bits per heavy atom. The summed E-state index contributed by atoms with van der Waals surface area (Å²) in [6.07, 6.45) is -0.146. The molecule has 3 nitrogen and oxygen atoms in total. The van der Waals surface area contributed by atoms with Crippen LogP contribution in [0.5, 0.6) is 0 Å². The normalized spacial score (nSPS) is 14.7. The summed E-state index contributed by atoms with van der Waals surface area (Å²) in [5, 5.41) is 10.6. The third-order valence-electron chi connectivity index (χ3n) is 0.912. The van der Waals surface area contributed by atoms with Gasteiger partial charge in [-0.05, 0) is 20.8 Å². The molecule has 0 rings (SSSR count). The molecule has 0 heterocycles. The van der Waals surface area contributed by atoms with Crippen molar-refractivity contribution in [1.29, 1.82) is 0 Å². The van der Waals surface area contributed by atoms with E-state index in [-0.39, 0.29) is 12.2 Å². The lowest BCUT2D eigenvalue weighted by atomic mass is 10.4. The average Bonchev–Trinajstić information content (AvgIpc) is 1.58. The van der Waals surface area contributed by atoms with Gasteiger partial charge in [0.25, 0.3) is 0 Å². The summed E-state index contributed by atoms with van der Waals surface area (Å²) in [7, 11) is 1.81. The number of likely N-dealkylation sites (N-methyl/N-ethyl adjacent to an activating group) is 1. The lowest BCUT2D eigenvalue weighted by Crippen LogP contribution is -2.29. The SMILES string of the molecule is CC(O)CN(C)OC(C)C. The van der Waals surface area contributed by atoms with Crippen LogP contribution in [0.1, 0.15) is 20.8 Å². The van der Waals surface area contributed by atoms with Crippen LogP contribution in [0.4, 0.5) is 0 Å². The molecule has 1 N–H and O–H groups in total. The van der Waals surface area contributed by atoms with Gasteiger partial charge in [0, 0.05) is 13.6 Å². The second-order valence-corrected chi connectivity index (χ2v) is 2.81.